The first-order valence-electron chi connectivity index (χ1n) is 5.57. The maximum atomic E-state index is 11.7. The molecule has 0 aromatic carbocycles. The number of carbonyl (C=O) groups excluding carboxylic acids is 1. The second-order valence-electron chi connectivity index (χ2n) is 4.09. The summed E-state index contributed by atoms with van der Waals surface area (Å²) in [6, 6.07) is 0.504. The van der Waals surface area contributed by atoms with Crippen molar-refractivity contribution in [3.63, 3.8) is 0 Å². The molecule has 1 saturated carbocycles. The summed E-state index contributed by atoms with van der Waals surface area (Å²) in [5, 5.41) is 0.781. The lowest BCUT2D eigenvalue weighted by molar-refractivity contribution is -0.131. The van der Waals surface area contributed by atoms with Crippen molar-refractivity contribution in [3.05, 3.63) is 0 Å². The second-order valence-corrected chi connectivity index (χ2v) is 4.88. The summed E-state index contributed by atoms with van der Waals surface area (Å²) < 4.78 is 0. The number of hydrogen-bond donors (Lipinski definition) is 0. The standard InChI is InChI=1S/C11H20BrNO/c1-13(11(14)8-9-12)10-6-4-2-3-5-7-10/h10H,2-9H2,1H3. The third kappa shape index (κ3) is 3.60. The Labute approximate surface area is 95.2 Å². The molecule has 0 aliphatic heterocycles. The summed E-state index contributed by atoms with van der Waals surface area (Å²) >= 11 is 3.31. The van der Waals surface area contributed by atoms with Crippen molar-refractivity contribution in [3.8, 4) is 0 Å². The molecule has 1 fully saturated rings. The van der Waals surface area contributed by atoms with Crippen molar-refractivity contribution in [2.24, 2.45) is 0 Å². The summed E-state index contributed by atoms with van der Waals surface area (Å²) in [6.45, 7) is 0. The minimum absolute atomic E-state index is 0.286. The Morgan fingerprint density at radius 1 is 1.29 bits per heavy atom. The Morgan fingerprint density at radius 2 is 1.86 bits per heavy atom. The molecule has 14 heavy (non-hydrogen) atoms. The molecule has 1 aliphatic rings. The lowest BCUT2D eigenvalue weighted by Crippen LogP contribution is -2.36. The summed E-state index contributed by atoms with van der Waals surface area (Å²) in [7, 11) is 1.96. The first-order valence-corrected chi connectivity index (χ1v) is 6.69. The summed E-state index contributed by atoms with van der Waals surface area (Å²) in [5.74, 6) is 0.286. The normalized spacial score (nSPS) is 19.0. The highest BCUT2D eigenvalue weighted by Gasteiger charge is 2.20. The fraction of sp³-hybridized carbons (Fsp3) is 0.909. The van der Waals surface area contributed by atoms with Gasteiger partial charge in [-0.25, -0.2) is 0 Å². The minimum Gasteiger partial charge on any atom is -0.343 e. The van der Waals surface area contributed by atoms with E-state index in [4.69, 9.17) is 0 Å². The number of hydrogen-bond acceptors (Lipinski definition) is 1. The van der Waals surface area contributed by atoms with Crippen molar-refractivity contribution in [2.45, 2.75) is 51.0 Å². The Bertz CT molecular complexity index is 176. The number of nitrogens with zero attached hydrogens (tertiary/aromatic N) is 1. The Kier molecular flexibility index (Phi) is 5.53. The maximum Gasteiger partial charge on any atom is 0.223 e. The van der Waals surface area contributed by atoms with Gasteiger partial charge >= 0.3 is 0 Å². The lowest BCUT2D eigenvalue weighted by Gasteiger charge is -2.27. The zero-order valence-corrected chi connectivity index (χ0v) is 10.6. The van der Waals surface area contributed by atoms with Crippen LogP contribution in [0.25, 0.3) is 0 Å². The molecular formula is C11H20BrNO. The van der Waals surface area contributed by atoms with E-state index in [2.05, 4.69) is 15.9 Å². The van der Waals surface area contributed by atoms with Gasteiger partial charge in [-0.2, -0.15) is 0 Å². The third-order valence-electron chi connectivity index (χ3n) is 3.07. The molecule has 1 rings (SSSR count). The van der Waals surface area contributed by atoms with Gasteiger partial charge in [-0.3, -0.25) is 4.79 Å². The fourth-order valence-electron chi connectivity index (χ4n) is 2.11. The van der Waals surface area contributed by atoms with Crippen molar-refractivity contribution in [2.75, 3.05) is 12.4 Å². The molecule has 82 valence electrons. The number of alkyl halides is 1. The highest BCUT2D eigenvalue weighted by Crippen LogP contribution is 2.21. The average molecular weight is 262 g/mol. The van der Waals surface area contributed by atoms with Gasteiger partial charge in [-0.1, -0.05) is 41.6 Å². The van der Waals surface area contributed by atoms with E-state index in [0.29, 0.717) is 12.5 Å². The summed E-state index contributed by atoms with van der Waals surface area (Å²) in [5.41, 5.74) is 0. The van der Waals surface area contributed by atoms with Crippen LogP contribution in [0.2, 0.25) is 0 Å². The lowest BCUT2D eigenvalue weighted by atomic mass is 10.1. The summed E-state index contributed by atoms with van der Waals surface area (Å²) in [4.78, 5) is 13.6. The molecule has 0 spiro atoms. The molecule has 2 nitrogen and oxygen atoms in total. The predicted octanol–water partition coefficient (Wildman–Crippen LogP) is 2.95. The van der Waals surface area contributed by atoms with E-state index in [0.717, 1.165) is 5.33 Å². The van der Waals surface area contributed by atoms with Crippen molar-refractivity contribution >= 4 is 21.8 Å². The molecule has 0 heterocycles. The zero-order chi connectivity index (χ0) is 10.4. The van der Waals surface area contributed by atoms with Crippen LogP contribution in [-0.4, -0.2) is 29.2 Å². The van der Waals surface area contributed by atoms with Crippen LogP contribution in [0.15, 0.2) is 0 Å². The molecule has 0 N–H and O–H groups in total. The van der Waals surface area contributed by atoms with Gasteiger partial charge in [0.25, 0.3) is 0 Å². The van der Waals surface area contributed by atoms with Crippen LogP contribution < -0.4 is 0 Å². The van der Waals surface area contributed by atoms with Crippen LogP contribution >= 0.6 is 15.9 Å². The second kappa shape index (κ2) is 6.44. The first-order chi connectivity index (χ1) is 6.75. The van der Waals surface area contributed by atoms with Gasteiger partial charge in [0, 0.05) is 24.8 Å². The topological polar surface area (TPSA) is 20.3 Å². The average Bonchev–Trinajstić information content (AvgIpc) is 2.45. The van der Waals surface area contributed by atoms with Crippen LogP contribution in [0, 0.1) is 0 Å². The monoisotopic (exact) mass is 261 g/mol. The molecule has 0 unspecified atom stereocenters. The van der Waals surface area contributed by atoms with Crippen LogP contribution in [0.5, 0.6) is 0 Å². The van der Waals surface area contributed by atoms with E-state index in [1.54, 1.807) is 0 Å². The van der Waals surface area contributed by atoms with E-state index < -0.39 is 0 Å². The summed E-state index contributed by atoms with van der Waals surface area (Å²) in [6.07, 6.45) is 8.29. The van der Waals surface area contributed by atoms with E-state index in [1.165, 1.54) is 38.5 Å². The number of halogens is 1. The molecule has 0 aromatic rings. The van der Waals surface area contributed by atoms with Gasteiger partial charge in [-0.05, 0) is 12.8 Å². The molecule has 0 bridgehead atoms. The van der Waals surface area contributed by atoms with Crippen LogP contribution in [0.1, 0.15) is 44.9 Å². The van der Waals surface area contributed by atoms with E-state index in [9.17, 15) is 4.79 Å². The van der Waals surface area contributed by atoms with Crippen LogP contribution in [-0.2, 0) is 4.79 Å². The number of rotatable bonds is 3. The Balaban J connectivity index is 2.40. The fourth-order valence-corrected chi connectivity index (χ4v) is 2.45. The van der Waals surface area contributed by atoms with Gasteiger partial charge in [0.1, 0.15) is 0 Å². The molecular weight excluding hydrogens is 242 g/mol. The molecule has 0 radical (unpaired) electrons. The molecule has 1 aliphatic carbocycles. The van der Waals surface area contributed by atoms with Crippen molar-refractivity contribution in [1.29, 1.82) is 0 Å². The third-order valence-corrected chi connectivity index (χ3v) is 3.47. The Hall–Kier alpha value is -0.0500. The number of amides is 1. The molecule has 1 amide bonds. The van der Waals surface area contributed by atoms with E-state index >= 15 is 0 Å². The van der Waals surface area contributed by atoms with Crippen LogP contribution in [0.4, 0.5) is 0 Å². The molecule has 0 saturated heterocycles. The van der Waals surface area contributed by atoms with Gasteiger partial charge in [0.2, 0.25) is 5.91 Å². The smallest absolute Gasteiger partial charge is 0.223 e. The molecule has 3 heteroatoms. The predicted molar refractivity (Wildman–Crippen MR) is 62.7 cm³/mol. The van der Waals surface area contributed by atoms with Crippen LogP contribution in [0.3, 0.4) is 0 Å². The van der Waals surface area contributed by atoms with Crippen molar-refractivity contribution < 1.29 is 4.79 Å². The van der Waals surface area contributed by atoms with Gasteiger partial charge in [0.05, 0.1) is 0 Å². The van der Waals surface area contributed by atoms with E-state index in [-0.39, 0.29) is 5.91 Å². The highest BCUT2D eigenvalue weighted by molar-refractivity contribution is 9.09. The maximum absolute atomic E-state index is 11.7. The van der Waals surface area contributed by atoms with Gasteiger partial charge < -0.3 is 4.90 Å². The number of carbonyl (C=O) groups is 1. The largest absolute Gasteiger partial charge is 0.343 e. The highest BCUT2D eigenvalue weighted by atomic mass is 79.9. The molecule has 0 aromatic heterocycles. The van der Waals surface area contributed by atoms with Gasteiger partial charge in [0.15, 0.2) is 0 Å². The SMILES string of the molecule is CN(C(=O)CCBr)C1CCCCCC1. The zero-order valence-electron chi connectivity index (χ0n) is 8.97. The Morgan fingerprint density at radius 3 is 2.36 bits per heavy atom. The quantitative estimate of drug-likeness (QED) is 0.565. The van der Waals surface area contributed by atoms with Gasteiger partial charge in [-0.15, -0.1) is 0 Å². The van der Waals surface area contributed by atoms with Crippen molar-refractivity contribution in [1.82, 2.24) is 4.90 Å². The molecule has 0 atom stereocenters. The minimum atomic E-state index is 0.286. The van der Waals surface area contributed by atoms with E-state index in [1.807, 2.05) is 11.9 Å². The first kappa shape index (κ1) is 12.0.